The Balaban J connectivity index is 2.54. The highest BCUT2D eigenvalue weighted by molar-refractivity contribution is 5.36. The first-order valence-electron chi connectivity index (χ1n) is 5.46. The summed E-state index contributed by atoms with van der Waals surface area (Å²) in [7, 11) is 0. The summed E-state index contributed by atoms with van der Waals surface area (Å²) < 4.78 is 40.8. The molecule has 0 saturated heterocycles. The van der Waals surface area contributed by atoms with E-state index in [9.17, 15) is 13.2 Å². The Hall–Kier alpha value is -1.81. The summed E-state index contributed by atoms with van der Waals surface area (Å²) in [5.74, 6) is -2.12. The van der Waals surface area contributed by atoms with Crippen LogP contribution in [0.3, 0.4) is 0 Å². The lowest BCUT2D eigenvalue weighted by molar-refractivity contribution is 0.532. The molecule has 0 aliphatic heterocycles. The summed E-state index contributed by atoms with van der Waals surface area (Å²) in [6, 6.07) is 6.59. The predicted molar refractivity (Wildman–Crippen MR) is 63.5 cm³/mol. The molecule has 0 aliphatic rings. The Morgan fingerprint density at radius 1 is 0.944 bits per heavy atom. The number of benzene rings is 2. The van der Waals surface area contributed by atoms with E-state index in [4.69, 9.17) is 5.73 Å². The zero-order chi connectivity index (χ0) is 13.3. The van der Waals surface area contributed by atoms with Gasteiger partial charge in [0, 0.05) is 11.1 Å². The van der Waals surface area contributed by atoms with Crippen LogP contribution in [-0.2, 0) is 0 Å². The first kappa shape index (κ1) is 12.6. The van der Waals surface area contributed by atoms with Gasteiger partial charge in [0.05, 0.1) is 6.04 Å². The molecule has 0 fully saturated rings. The molecule has 1 atom stereocenters. The van der Waals surface area contributed by atoms with Gasteiger partial charge in [-0.15, -0.1) is 0 Å². The quantitative estimate of drug-likeness (QED) is 0.869. The molecule has 0 amide bonds. The molecular formula is C14H12F3N. The fourth-order valence-electron chi connectivity index (χ4n) is 1.86. The second-order valence-electron chi connectivity index (χ2n) is 4.14. The predicted octanol–water partition coefficient (Wildman–Crippen LogP) is 3.46. The maximum absolute atomic E-state index is 13.6. The average Bonchev–Trinajstić information content (AvgIpc) is 2.32. The van der Waals surface area contributed by atoms with Gasteiger partial charge in [0.2, 0.25) is 0 Å². The summed E-state index contributed by atoms with van der Waals surface area (Å²) in [6.45, 7) is 1.76. The molecule has 0 heterocycles. The summed E-state index contributed by atoms with van der Waals surface area (Å²) >= 11 is 0. The van der Waals surface area contributed by atoms with Gasteiger partial charge in [0.25, 0.3) is 0 Å². The number of hydrogen-bond donors (Lipinski definition) is 1. The molecule has 0 bridgehead atoms. The van der Waals surface area contributed by atoms with Crippen LogP contribution in [0.25, 0.3) is 0 Å². The van der Waals surface area contributed by atoms with Gasteiger partial charge < -0.3 is 5.73 Å². The molecule has 94 valence electrons. The van der Waals surface area contributed by atoms with Crippen molar-refractivity contribution < 1.29 is 13.2 Å². The van der Waals surface area contributed by atoms with Crippen molar-refractivity contribution >= 4 is 0 Å². The zero-order valence-electron chi connectivity index (χ0n) is 9.75. The molecule has 0 aliphatic carbocycles. The minimum absolute atomic E-state index is 0.0824. The van der Waals surface area contributed by atoms with Crippen LogP contribution in [0.1, 0.15) is 22.7 Å². The molecular weight excluding hydrogens is 239 g/mol. The normalized spacial score (nSPS) is 12.5. The molecule has 2 aromatic carbocycles. The highest BCUT2D eigenvalue weighted by atomic mass is 19.1. The van der Waals surface area contributed by atoms with E-state index in [1.807, 2.05) is 0 Å². The largest absolute Gasteiger partial charge is 0.320 e. The van der Waals surface area contributed by atoms with E-state index in [2.05, 4.69) is 0 Å². The van der Waals surface area contributed by atoms with Gasteiger partial charge in [0.1, 0.15) is 17.5 Å². The standard InChI is InChI=1S/C14H12F3N/c1-8-5-6-10(15)9(7-8)14(18)13-11(16)3-2-4-12(13)17/h2-7,14H,18H2,1H3. The van der Waals surface area contributed by atoms with E-state index in [1.54, 1.807) is 13.0 Å². The summed E-state index contributed by atoms with van der Waals surface area (Å²) in [4.78, 5) is 0. The third kappa shape index (κ3) is 2.24. The second kappa shape index (κ2) is 4.82. The second-order valence-corrected chi connectivity index (χ2v) is 4.14. The van der Waals surface area contributed by atoms with Crippen molar-refractivity contribution in [2.45, 2.75) is 13.0 Å². The topological polar surface area (TPSA) is 26.0 Å². The molecule has 0 spiro atoms. The van der Waals surface area contributed by atoms with Crippen LogP contribution in [0.15, 0.2) is 36.4 Å². The van der Waals surface area contributed by atoms with Crippen LogP contribution in [0, 0.1) is 24.4 Å². The van der Waals surface area contributed by atoms with Gasteiger partial charge in [-0.05, 0) is 25.1 Å². The Kier molecular flexibility index (Phi) is 3.39. The van der Waals surface area contributed by atoms with Crippen LogP contribution >= 0.6 is 0 Å². The monoisotopic (exact) mass is 251 g/mol. The van der Waals surface area contributed by atoms with E-state index in [-0.39, 0.29) is 11.1 Å². The van der Waals surface area contributed by atoms with Crippen LogP contribution in [0.5, 0.6) is 0 Å². The lowest BCUT2D eigenvalue weighted by atomic mass is 9.97. The van der Waals surface area contributed by atoms with Gasteiger partial charge >= 0.3 is 0 Å². The van der Waals surface area contributed by atoms with E-state index in [1.165, 1.54) is 18.2 Å². The lowest BCUT2D eigenvalue weighted by Crippen LogP contribution is -2.17. The Labute approximate surface area is 103 Å². The Morgan fingerprint density at radius 3 is 2.17 bits per heavy atom. The van der Waals surface area contributed by atoms with E-state index in [0.717, 1.165) is 17.7 Å². The number of hydrogen-bond acceptors (Lipinski definition) is 1. The van der Waals surface area contributed by atoms with Crippen molar-refractivity contribution in [1.82, 2.24) is 0 Å². The molecule has 2 aromatic rings. The van der Waals surface area contributed by atoms with E-state index >= 15 is 0 Å². The summed E-state index contributed by atoms with van der Waals surface area (Å²) in [5.41, 5.74) is 6.31. The van der Waals surface area contributed by atoms with Crippen molar-refractivity contribution in [2.75, 3.05) is 0 Å². The molecule has 0 saturated carbocycles. The molecule has 18 heavy (non-hydrogen) atoms. The number of aryl methyl sites for hydroxylation is 1. The number of nitrogens with two attached hydrogens (primary N) is 1. The fraction of sp³-hybridized carbons (Fsp3) is 0.143. The molecule has 4 heteroatoms. The third-order valence-corrected chi connectivity index (χ3v) is 2.80. The molecule has 2 N–H and O–H groups in total. The van der Waals surface area contributed by atoms with Crippen LogP contribution in [0.2, 0.25) is 0 Å². The van der Waals surface area contributed by atoms with Crippen molar-refractivity contribution in [3.63, 3.8) is 0 Å². The zero-order valence-corrected chi connectivity index (χ0v) is 9.75. The summed E-state index contributed by atoms with van der Waals surface area (Å²) in [5, 5.41) is 0. The highest BCUT2D eigenvalue weighted by Crippen LogP contribution is 2.27. The van der Waals surface area contributed by atoms with Gasteiger partial charge in [0.15, 0.2) is 0 Å². The smallest absolute Gasteiger partial charge is 0.131 e. The Morgan fingerprint density at radius 2 is 1.56 bits per heavy atom. The molecule has 0 radical (unpaired) electrons. The SMILES string of the molecule is Cc1ccc(F)c(C(N)c2c(F)cccc2F)c1. The van der Waals surface area contributed by atoms with Crippen LogP contribution < -0.4 is 5.73 Å². The van der Waals surface area contributed by atoms with Gasteiger partial charge in [-0.2, -0.15) is 0 Å². The number of halogens is 3. The molecule has 2 rings (SSSR count). The molecule has 1 nitrogen and oxygen atoms in total. The van der Waals surface area contributed by atoms with Gasteiger partial charge in [-0.25, -0.2) is 13.2 Å². The van der Waals surface area contributed by atoms with Crippen LogP contribution in [0.4, 0.5) is 13.2 Å². The fourth-order valence-corrected chi connectivity index (χ4v) is 1.86. The summed E-state index contributed by atoms with van der Waals surface area (Å²) in [6.07, 6.45) is 0. The molecule has 1 unspecified atom stereocenters. The minimum Gasteiger partial charge on any atom is -0.320 e. The molecule has 0 aromatic heterocycles. The third-order valence-electron chi connectivity index (χ3n) is 2.80. The van der Waals surface area contributed by atoms with E-state index in [0.29, 0.717) is 0 Å². The maximum Gasteiger partial charge on any atom is 0.131 e. The van der Waals surface area contributed by atoms with Crippen molar-refractivity contribution in [3.8, 4) is 0 Å². The first-order valence-corrected chi connectivity index (χ1v) is 5.46. The van der Waals surface area contributed by atoms with Crippen molar-refractivity contribution in [2.24, 2.45) is 5.73 Å². The average molecular weight is 251 g/mol. The first-order chi connectivity index (χ1) is 8.50. The maximum atomic E-state index is 13.6. The van der Waals surface area contributed by atoms with Gasteiger partial charge in [-0.3, -0.25) is 0 Å². The van der Waals surface area contributed by atoms with Crippen molar-refractivity contribution in [1.29, 1.82) is 0 Å². The number of rotatable bonds is 2. The van der Waals surface area contributed by atoms with E-state index < -0.39 is 23.5 Å². The van der Waals surface area contributed by atoms with Crippen molar-refractivity contribution in [3.05, 3.63) is 70.5 Å². The van der Waals surface area contributed by atoms with Gasteiger partial charge in [-0.1, -0.05) is 23.8 Å². The minimum atomic E-state index is -1.16. The Bertz CT molecular complexity index is 561. The van der Waals surface area contributed by atoms with Crippen LogP contribution in [-0.4, -0.2) is 0 Å². The lowest BCUT2D eigenvalue weighted by Gasteiger charge is -2.15. The highest BCUT2D eigenvalue weighted by Gasteiger charge is 2.20.